The number of pyridine rings is 1. The Bertz CT molecular complexity index is 1980. The highest BCUT2D eigenvalue weighted by atomic mass is 19.1. The molecule has 0 spiro atoms. The van der Waals surface area contributed by atoms with E-state index < -0.39 is 23.4 Å². The van der Waals surface area contributed by atoms with Gasteiger partial charge in [0.25, 0.3) is 11.8 Å². The van der Waals surface area contributed by atoms with Gasteiger partial charge in [0, 0.05) is 36.9 Å². The average molecular weight is 599 g/mol. The number of methoxy groups -OCH3 is 1. The lowest BCUT2D eigenvalue weighted by atomic mass is 9.94. The van der Waals surface area contributed by atoms with Gasteiger partial charge in [-0.1, -0.05) is 6.92 Å². The number of oxazole rings is 1. The maximum absolute atomic E-state index is 16.0. The lowest BCUT2D eigenvalue weighted by molar-refractivity contribution is 0.0962. The molecule has 0 atom stereocenters. The molecule has 6 rings (SSSR count). The zero-order chi connectivity index (χ0) is 31.5. The molecule has 11 heteroatoms. The quantitative estimate of drug-likeness (QED) is 0.220. The number of nitrogens with zero attached hydrogens (tertiary/aromatic N) is 2. The number of rotatable bonds is 6. The number of carbonyl (C=O) groups excluding carboxylic acids is 2. The first-order valence-corrected chi connectivity index (χ1v) is 13.6. The van der Waals surface area contributed by atoms with Gasteiger partial charge in [0.05, 0.1) is 29.8 Å². The fraction of sp³-hybridized carbons (Fsp3) is 0.152. The Morgan fingerprint density at radius 1 is 1.00 bits per heavy atom. The summed E-state index contributed by atoms with van der Waals surface area (Å²) in [6.07, 6.45) is 4.24. The Balaban J connectivity index is 0.000000291. The van der Waals surface area contributed by atoms with Crippen LogP contribution >= 0.6 is 0 Å². The van der Waals surface area contributed by atoms with Crippen molar-refractivity contribution in [3.8, 4) is 28.2 Å². The first kappa shape index (κ1) is 29.9. The number of aromatic nitrogens is 2. The van der Waals surface area contributed by atoms with Crippen molar-refractivity contribution in [3.63, 3.8) is 0 Å². The summed E-state index contributed by atoms with van der Waals surface area (Å²) >= 11 is 0. The number of hydrogen-bond acceptors (Lipinski definition) is 7. The van der Waals surface area contributed by atoms with Crippen molar-refractivity contribution in [3.05, 3.63) is 101 Å². The molecule has 3 aromatic heterocycles. The van der Waals surface area contributed by atoms with Gasteiger partial charge in [0.2, 0.25) is 0 Å². The van der Waals surface area contributed by atoms with Crippen LogP contribution in [0.4, 0.5) is 8.78 Å². The van der Waals surface area contributed by atoms with Crippen molar-refractivity contribution in [2.75, 3.05) is 14.2 Å². The molecule has 9 nitrogen and oxygen atoms in total. The smallest absolute Gasteiger partial charge is 0.255 e. The van der Waals surface area contributed by atoms with Crippen molar-refractivity contribution in [2.45, 2.75) is 20.3 Å². The molecule has 0 bridgehead atoms. The van der Waals surface area contributed by atoms with E-state index in [4.69, 9.17) is 19.3 Å². The summed E-state index contributed by atoms with van der Waals surface area (Å²) in [5.74, 6) is -1.27. The second kappa shape index (κ2) is 12.3. The van der Waals surface area contributed by atoms with Crippen LogP contribution in [0.5, 0.6) is 5.75 Å². The van der Waals surface area contributed by atoms with Gasteiger partial charge in [0.15, 0.2) is 11.5 Å². The highest BCUT2D eigenvalue weighted by Crippen LogP contribution is 2.40. The van der Waals surface area contributed by atoms with Crippen LogP contribution in [0.3, 0.4) is 0 Å². The van der Waals surface area contributed by atoms with E-state index in [2.05, 4.69) is 15.3 Å². The number of primary amides is 1. The molecule has 2 amide bonds. The van der Waals surface area contributed by atoms with Crippen molar-refractivity contribution >= 4 is 33.9 Å². The Hall–Kier alpha value is -5.58. The van der Waals surface area contributed by atoms with Crippen molar-refractivity contribution in [2.24, 2.45) is 5.73 Å². The highest BCUT2D eigenvalue weighted by Gasteiger charge is 2.27. The lowest BCUT2D eigenvalue weighted by Gasteiger charge is -2.13. The van der Waals surface area contributed by atoms with E-state index in [9.17, 15) is 14.0 Å². The molecular formula is C33H28F2N4O5. The number of furan rings is 1. The van der Waals surface area contributed by atoms with Crippen LogP contribution in [0, 0.1) is 18.6 Å². The number of amides is 2. The summed E-state index contributed by atoms with van der Waals surface area (Å²) < 4.78 is 45.8. The summed E-state index contributed by atoms with van der Waals surface area (Å²) in [6, 6.07) is 13.3. The Morgan fingerprint density at radius 2 is 1.75 bits per heavy atom. The maximum Gasteiger partial charge on any atom is 0.255 e. The van der Waals surface area contributed by atoms with Crippen molar-refractivity contribution in [1.82, 2.24) is 15.3 Å². The molecule has 0 aliphatic heterocycles. The molecule has 0 aliphatic rings. The van der Waals surface area contributed by atoms with Gasteiger partial charge < -0.3 is 24.6 Å². The fourth-order valence-electron chi connectivity index (χ4n) is 4.82. The molecule has 3 heterocycles. The predicted octanol–water partition coefficient (Wildman–Crippen LogP) is 6.61. The van der Waals surface area contributed by atoms with Gasteiger partial charge in [-0.05, 0) is 66.6 Å². The third kappa shape index (κ3) is 5.59. The largest absolute Gasteiger partial charge is 0.496 e. The van der Waals surface area contributed by atoms with Crippen LogP contribution in [-0.2, 0) is 6.42 Å². The number of hydrogen-bond donors (Lipinski definition) is 2. The second-order valence-corrected chi connectivity index (χ2v) is 9.73. The minimum atomic E-state index is -0.720. The van der Waals surface area contributed by atoms with E-state index in [1.165, 1.54) is 50.6 Å². The van der Waals surface area contributed by atoms with E-state index in [0.717, 1.165) is 23.4 Å². The molecule has 44 heavy (non-hydrogen) atoms. The van der Waals surface area contributed by atoms with Crippen LogP contribution in [0.2, 0.25) is 0 Å². The Labute approximate surface area is 250 Å². The molecular weight excluding hydrogens is 570 g/mol. The van der Waals surface area contributed by atoms with Gasteiger partial charge in [0.1, 0.15) is 34.2 Å². The number of ether oxygens (including phenoxy) is 1. The number of nitrogens with one attached hydrogen (secondary N) is 1. The minimum absolute atomic E-state index is 0.0141. The Kier molecular flexibility index (Phi) is 8.38. The van der Waals surface area contributed by atoms with E-state index >= 15 is 4.39 Å². The molecule has 0 saturated heterocycles. The van der Waals surface area contributed by atoms with Crippen LogP contribution in [0.15, 0.2) is 75.8 Å². The van der Waals surface area contributed by atoms with Crippen LogP contribution in [-0.4, -0.2) is 35.9 Å². The fourth-order valence-corrected chi connectivity index (χ4v) is 4.82. The van der Waals surface area contributed by atoms with Crippen LogP contribution < -0.4 is 15.8 Å². The monoisotopic (exact) mass is 598 g/mol. The van der Waals surface area contributed by atoms with Gasteiger partial charge in [-0.2, -0.15) is 0 Å². The van der Waals surface area contributed by atoms with Gasteiger partial charge in [-0.3, -0.25) is 14.6 Å². The van der Waals surface area contributed by atoms with E-state index in [1.807, 2.05) is 13.0 Å². The number of fused-ring (bicyclic) bond motifs is 2. The van der Waals surface area contributed by atoms with Crippen LogP contribution in [0.1, 0.15) is 39.1 Å². The molecule has 6 aromatic rings. The van der Waals surface area contributed by atoms with Gasteiger partial charge in [-0.15, -0.1) is 0 Å². The summed E-state index contributed by atoms with van der Waals surface area (Å²) in [4.78, 5) is 32.8. The predicted molar refractivity (Wildman–Crippen MR) is 161 cm³/mol. The number of carbonyl (C=O) groups is 2. The summed E-state index contributed by atoms with van der Waals surface area (Å²) in [6.45, 7) is 3.75. The zero-order valence-corrected chi connectivity index (χ0v) is 24.3. The molecule has 0 radical (unpaired) electrons. The van der Waals surface area contributed by atoms with E-state index in [-0.39, 0.29) is 39.2 Å². The highest BCUT2D eigenvalue weighted by molar-refractivity contribution is 6.12. The molecule has 0 unspecified atom stereocenters. The summed E-state index contributed by atoms with van der Waals surface area (Å²) in [5, 5.41) is 2.47. The number of benzene rings is 3. The lowest BCUT2D eigenvalue weighted by Crippen LogP contribution is -2.18. The third-order valence-corrected chi connectivity index (χ3v) is 6.99. The number of nitrogens with two attached hydrogens (primary N) is 1. The van der Waals surface area contributed by atoms with Crippen molar-refractivity contribution < 1.29 is 31.9 Å². The number of halogens is 2. The third-order valence-electron chi connectivity index (χ3n) is 6.99. The van der Waals surface area contributed by atoms with Gasteiger partial charge in [-0.25, -0.2) is 13.8 Å². The first-order valence-electron chi connectivity index (χ1n) is 13.6. The van der Waals surface area contributed by atoms with Crippen LogP contribution in [0.25, 0.3) is 44.5 Å². The SMILES string of the molecule is CCc1nc2cnccc2o1.CNC(=O)c1c(-c2ccc(F)cc2)oc2ccc(-c3cc(C(N)=O)c(OC)cc3C)c(F)c12. The second-order valence-electron chi connectivity index (χ2n) is 9.73. The van der Waals surface area contributed by atoms with Crippen molar-refractivity contribution in [1.29, 1.82) is 0 Å². The summed E-state index contributed by atoms with van der Waals surface area (Å²) in [7, 11) is 2.83. The molecule has 3 N–H and O–H groups in total. The molecule has 224 valence electrons. The average Bonchev–Trinajstić information content (AvgIpc) is 3.64. The topological polar surface area (TPSA) is 133 Å². The Morgan fingerprint density at radius 3 is 2.39 bits per heavy atom. The number of aryl methyl sites for hydroxylation is 2. The first-order chi connectivity index (χ1) is 21.2. The zero-order valence-electron chi connectivity index (χ0n) is 24.3. The standard InChI is InChI=1S/C25H20F2N2O4.C8H8N2O/c1-12-10-19(32-3)17(24(28)30)11-16(12)15-8-9-18-20(22(15)27)21(25(31)29-2)23(33-18)13-4-6-14(26)7-5-13;1-2-8-10-6-5-9-4-3-7(6)11-8/h4-11H,1-3H3,(H2,28,30)(H,29,31);3-5H,2H2,1H3. The summed E-state index contributed by atoms with van der Waals surface area (Å²) in [5.41, 5.74) is 8.98. The molecule has 0 saturated carbocycles. The minimum Gasteiger partial charge on any atom is -0.496 e. The molecule has 3 aromatic carbocycles. The van der Waals surface area contributed by atoms with E-state index in [0.29, 0.717) is 16.7 Å². The normalized spacial score (nSPS) is 10.9. The molecule has 0 aliphatic carbocycles. The van der Waals surface area contributed by atoms with E-state index in [1.54, 1.807) is 31.5 Å². The molecule has 0 fully saturated rings. The van der Waals surface area contributed by atoms with Gasteiger partial charge >= 0.3 is 0 Å². The maximum atomic E-state index is 16.0.